The largest absolute Gasteiger partial charge is 0.496 e. The van der Waals surface area contributed by atoms with E-state index in [9.17, 15) is 4.79 Å². The first kappa shape index (κ1) is 14.0. The summed E-state index contributed by atoms with van der Waals surface area (Å²) in [7, 11) is 1.64. The van der Waals surface area contributed by atoms with Gasteiger partial charge in [-0.25, -0.2) is 0 Å². The van der Waals surface area contributed by atoms with Gasteiger partial charge in [0.2, 0.25) is 0 Å². The average Bonchev–Trinajstić information content (AvgIpc) is 2.87. The first-order valence-electron chi connectivity index (χ1n) is 6.35. The fraction of sp³-hybridized carbons (Fsp3) is 0.357. The molecule has 1 heterocycles. The van der Waals surface area contributed by atoms with Crippen molar-refractivity contribution in [1.29, 1.82) is 0 Å². The minimum atomic E-state index is -0.602. The van der Waals surface area contributed by atoms with Crippen molar-refractivity contribution in [3.63, 3.8) is 0 Å². The molecular weight excluding hydrogens is 256 g/mol. The van der Waals surface area contributed by atoms with Crippen LogP contribution in [-0.4, -0.2) is 28.4 Å². The summed E-state index contributed by atoms with van der Waals surface area (Å²) in [6.07, 6.45) is 0. The summed E-state index contributed by atoms with van der Waals surface area (Å²) >= 11 is 0. The lowest BCUT2D eigenvalue weighted by molar-refractivity contribution is 0.0996. The van der Waals surface area contributed by atoms with Crippen LogP contribution in [0.3, 0.4) is 0 Å². The van der Waals surface area contributed by atoms with Crippen molar-refractivity contribution in [2.75, 3.05) is 7.11 Å². The van der Waals surface area contributed by atoms with Crippen LogP contribution in [0.25, 0.3) is 11.3 Å². The van der Waals surface area contributed by atoms with E-state index in [4.69, 9.17) is 10.5 Å². The third-order valence-corrected chi connectivity index (χ3v) is 3.24. The van der Waals surface area contributed by atoms with Gasteiger partial charge in [0.05, 0.1) is 7.11 Å². The number of carbonyl (C=O) groups is 1. The number of nitrogens with one attached hydrogen (secondary N) is 1. The summed E-state index contributed by atoms with van der Waals surface area (Å²) in [6, 6.07) is 3.91. The van der Waals surface area contributed by atoms with Gasteiger partial charge in [-0.2, -0.15) is 15.4 Å². The number of hydrogen-bond donors (Lipinski definition) is 2. The summed E-state index contributed by atoms with van der Waals surface area (Å²) in [5.41, 5.74) is 8.76. The Bertz CT molecular complexity index is 647. The second-order valence-corrected chi connectivity index (χ2v) is 4.95. The molecular formula is C14H18N4O2. The maximum absolute atomic E-state index is 11.4. The molecule has 1 amide bonds. The molecule has 6 nitrogen and oxygen atoms in total. The van der Waals surface area contributed by atoms with Crippen LogP contribution in [0.5, 0.6) is 5.75 Å². The zero-order chi connectivity index (χ0) is 14.9. The fourth-order valence-electron chi connectivity index (χ4n) is 2.17. The summed E-state index contributed by atoms with van der Waals surface area (Å²) in [5, 5.41) is 10.3. The van der Waals surface area contributed by atoms with Gasteiger partial charge < -0.3 is 10.5 Å². The monoisotopic (exact) mass is 274 g/mol. The zero-order valence-corrected chi connectivity index (χ0v) is 12.0. The van der Waals surface area contributed by atoms with Gasteiger partial charge in [0, 0.05) is 5.56 Å². The number of aromatic nitrogens is 3. The molecule has 0 saturated carbocycles. The van der Waals surface area contributed by atoms with E-state index in [2.05, 4.69) is 29.3 Å². The van der Waals surface area contributed by atoms with Gasteiger partial charge in [0.1, 0.15) is 11.4 Å². The van der Waals surface area contributed by atoms with Crippen LogP contribution in [0, 0.1) is 6.92 Å². The van der Waals surface area contributed by atoms with Crippen LogP contribution < -0.4 is 10.5 Å². The first-order valence-corrected chi connectivity index (χ1v) is 6.35. The van der Waals surface area contributed by atoms with Gasteiger partial charge in [-0.1, -0.05) is 13.8 Å². The second kappa shape index (κ2) is 5.32. The minimum Gasteiger partial charge on any atom is -0.496 e. The third-order valence-electron chi connectivity index (χ3n) is 3.24. The van der Waals surface area contributed by atoms with Crippen molar-refractivity contribution in [3.8, 4) is 17.0 Å². The van der Waals surface area contributed by atoms with Crippen LogP contribution in [0.15, 0.2) is 12.1 Å². The highest BCUT2D eigenvalue weighted by Gasteiger charge is 2.19. The van der Waals surface area contributed by atoms with E-state index in [-0.39, 0.29) is 11.6 Å². The highest BCUT2D eigenvalue weighted by molar-refractivity contribution is 5.97. The minimum absolute atomic E-state index is 0.146. The van der Waals surface area contributed by atoms with Crippen LogP contribution in [0.4, 0.5) is 0 Å². The van der Waals surface area contributed by atoms with Crippen LogP contribution in [-0.2, 0) is 0 Å². The summed E-state index contributed by atoms with van der Waals surface area (Å²) in [5.74, 6) is 0.508. The molecule has 1 aromatic heterocycles. The number of primary amides is 1. The predicted octanol–water partition coefficient (Wildman–Crippen LogP) is 2.01. The smallest absolute Gasteiger partial charge is 0.271 e. The first-order chi connectivity index (χ1) is 9.45. The number of nitrogens with two attached hydrogens (primary N) is 1. The second-order valence-electron chi connectivity index (χ2n) is 4.95. The third kappa shape index (κ3) is 2.36. The molecule has 0 saturated heterocycles. The van der Waals surface area contributed by atoms with E-state index >= 15 is 0 Å². The molecule has 20 heavy (non-hydrogen) atoms. The number of amides is 1. The number of hydrogen-bond acceptors (Lipinski definition) is 4. The Morgan fingerprint density at radius 2 is 2.05 bits per heavy atom. The lowest BCUT2D eigenvalue weighted by atomic mass is 9.94. The van der Waals surface area contributed by atoms with Crippen LogP contribution in [0.2, 0.25) is 0 Å². The number of carbonyl (C=O) groups excluding carboxylic acids is 1. The molecule has 0 spiro atoms. The number of aryl methyl sites for hydroxylation is 1. The van der Waals surface area contributed by atoms with Crippen molar-refractivity contribution in [2.24, 2.45) is 5.73 Å². The molecule has 0 unspecified atom stereocenters. The number of rotatable bonds is 4. The number of aromatic amines is 1. The number of nitrogens with zero attached hydrogens (tertiary/aromatic N) is 2. The van der Waals surface area contributed by atoms with Crippen molar-refractivity contribution in [2.45, 2.75) is 26.7 Å². The molecule has 0 aliphatic carbocycles. The van der Waals surface area contributed by atoms with Gasteiger partial charge in [0.25, 0.3) is 5.91 Å². The number of benzene rings is 1. The molecule has 0 radical (unpaired) electrons. The summed E-state index contributed by atoms with van der Waals surface area (Å²) in [4.78, 5) is 11.4. The molecule has 0 aliphatic heterocycles. The number of methoxy groups -OCH3 is 1. The van der Waals surface area contributed by atoms with E-state index in [1.54, 1.807) is 7.11 Å². The van der Waals surface area contributed by atoms with E-state index in [1.807, 2.05) is 19.1 Å². The number of ether oxygens (including phenoxy) is 1. The highest BCUT2D eigenvalue weighted by atomic mass is 16.5. The van der Waals surface area contributed by atoms with Crippen LogP contribution >= 0.6 is 0 Å². The molecule has 0 fully saturated rings. The summed E-state index contributed by atoms with van der Waals surface area (Å²) < 4.78 is 5.40. The van der Waals surface area contributed by atoms with Gasteiger partial charge >= 0.3 is 0 Å². The highest BCUT2D eigenvalue weighted by Crippen LogP contribution is 2.34. The Hall–Kier alpha value is -2.37. The lowest BCUT2D eigenvalue weighted by Gasteiger charge is -2.15. The van der Waals surface area contributed by atoms with E-state index in [0.29, 0.717) is 5.69 Å². The normalized spacial score (nSPS) is 10.8. The molecule has 6 heteroatoms. The molecule has 1 aromatic carbocycles. The van der Waals surface area contributed by atoms with Crippen molar-refractivity contribution in [3.05, 3.63) is 29.0 Å². The van der Waals surface area contributed by atoms with E-state index in [0.717, 1.165) is 22.4 Å². The molecule has 2 rings (SSSR count). The SMILES string of the molecule is COc1cc(C)c(-c2n[nH]nc2C(N)=O)cc1C(C)C. The van der Waals surface area contributed by atoms with Crippen LogP contribution in [0.1, 0.15) is 41.4 Å². The van der Waals surface area contributed by atoms with Crippen molar-refractivity contribution >= 4 is 5.91 Å². The Morgan fingerprint density at radius 3 is 2.60 bits per heavy atom. The Morgan fingerprint density at radius 1 is 1.35 bits per heavy atom. The number of H-pyrrole nitrogens is 1. The molecule has 2 aromatic rings. The topological polar surface area (TPSA) is 93.9 Å². The van der Waals surface area contributed by atoms with Gasteiger partial charge in [-0.05, 0) is 36.1 Å². The van der Waals surface area contributed by atoms with Gasteiger partial charge in [-0.3, -0.25) is 4.79 Å². The standard InChI is InChI=1S/C14H18N4O2/c1-7(2)9-6-10(8(3)5-11(9)20-4)12-13(14(15)19)17-18-16-12/h5-7H,1-4H3,(H2,15,19)(H,16,17,18). The Kier molecular flexibility index (Phi) is 3.74. The van der Waals surface area contributed by atoms with Gasteiger partial charge in [0.15, 0.2) is 5.69 Å². The maximum Gasteiger partial charge on any atom is 0.271 e. The predicted molar refractivity (Wildman–Crippen MR) is 75.7 cm³/mol. The molecule has 106 valence electrons. The van der Waals surface area contributed by atoms with Crippen molar-refractivity contribution in [1.82, 2.24) is 15.4 Å². The lowest BCUT2D eigenvalue weighted by Crippen LogP contribution is -2.13. The van der Waals surface area contributed by atoms with Gasteiger partial charge in [-0.15, -0.1) is 0 Å². The van der Waals surface area contributed by atoms with E-state index in [1.165, 1.54) is 0 Å². The molecule has 0 bridgehead atoms. The maximum atomic E-state index is 11.4. The molecule has 0 aliphatic rings. The zero-order valence-electron chi connectivity index (χ0n) is 12.0. The Labute approximate surface area is 117 Å². The Balaban J connectivity index is 2.65. The molecule has 3 N–H and O–H groups in total. The average molecular weight is 274 g/mol. The van der Waals surface area contributed by atoms with Crippen molar-refractivity contribution < 1.29 is 9.53 Å². The quantitative estimate of drug-likeness (QED) is 0.891. The summed E-state index contributed by atoms with van der Waals surface area (Å²) in [6.45, 7) is 6.09. The fourth-order valence-corrected chi connectivity index (χ4v) is 2.17. The van der Waals surface area contributed by atoms with E-state index < -0.39 is 5.91 Å². The molecule has 0 atom stereocenters.